The Kier molecular flexibility index (Phi) is 6.25. The van der Waals surface area contributed by atoms with E-state index in [1.165, 1.54) is 0 Å². The summed E-state index contributed by atoms with van der Waals surface area (Å²) in [5.74, 6) is 1.50. The number of hydrogen-bond donors (Lipinski definition) is 0. The summed E-state index contributed by atoms with van der Waals surface area (Å²) in [7, 11) is 0. The van der Waals surface area contributed by atoms with Gasteiger partial charge in [-0.1, -0.05) is 41.0 Å². The van der Waals surface area contributed by atoms with Crippen LogP contribution in [0.5, 0.6) is 0 Å². The van der Waals surface area contributed by atoms with Gasteiger partial charge in [-0.3, -0.25) is 4.68 Å². The molecule has 1 atom stereocenters. The van der Waals surface area contributed by atoms with Crippen molar-refractivity contribution in [2.75, 3.05) is 6.61 Å². The fourth-order valence-corrected chi connectivity index (χ4v) is 4.93. The van der Waals surface area contributed by atoms with Crippen LogP contribution in [0.3, 0.4) is 0 Å². The second-order valence-electron chi connectivity index (χ2n) is 6.79. The average molecular weight is 438 g/mol. The fourth-order valence-electron chi connectivity index (χ4n) is 3.22. The van der Waals surface area contributed by atoms with E-state index >= 15 is 0 Å². The zero-order valence-electron chi connectivity index (χ0n) is 15.5. The number of aromatic nitrogens is 5. The second kappa shape index (κ2) is 8.86. The summed E-state index contributed by atoms with van der Waals surface area (Å²) in [5, 5.41) is 15.5. The van der Waals surface area contributed by atoms with E-state index in [1.807, 2.05) is 42.1 Å². The summed E-state index contributed by atoms with van der Waals surface area (Å²) in [5.41, 5.74) is 1.89. The van der Waals surface area contributed by atoms with Gasteiger partial charge in [0.2, 0.25) is 0 Å². The molecule has 148 valence electrons. The van der Waals surface area contributed by atoms with Gasteiger partial charge < -0.3 is 9.30 Å². The van der Waals surface area contributed by atoms with E-state index in [9.17, 15) is 0 Å². The molecule has 6 nitrogen and oxygen atoms in total. The van der Waals surface area contributed by atoms with Crippen LogP contribution in [-0.4, -0.2) is 37.3 Å². The molecule has 0 spiro atoms. The molecule has 1 aliphatic rings. The van der Waals surface area contributed by atoms with Crippen molar-refractivity contribution in [3.05, 3.63) is 57.6 Å². The molecule has 1 aliphatic heterocycles. The first kappa shape index (κ1) is 19.8. The highest BCUT2D eigenvalue weighted by molar-refractivity contribution is 7.98. The van der Waals surface area contributed by atoms with Gasteiger partial charge in [0.05, 0.1) is 18.3 Å². The summed E-state index contributed by atoms with van der Waals surface area (Å²) < 4.78 is 9.86. The zero-order chi connectivity index (χ0) is 19.5. The van der Waals surface area contributed by atoms with Gasteiger partial charge in [0.25, 0.3) is 0 Å². The molecule has 0 bridgehead atoms. The van der Waals surface area contributed by atoms with Gasteiger partial charge in [-0.2, -0.15) is 5.10 Å². The first-order chi connectivity index (χ1) is 13.6. The number of thioether (sulfide) groups is 1. The lowest BCUT2D eigenvalue weighted by atomic mass is 10.2. The third-order valence-corrected chi connectivity index (χ3v) is 6.39. The van der Waals surface area contributed by atoms with Gasteiger partial charge >= 0.3 is 0 Å². The maximum Gasteiger partial charge on any atom is 0.191 e. The summed E-state index contributed by atoms with van der Waals surface area (Å²) in [6.45, 7) is 4.10. The zero-order valence-corrected chi connectivity index (χ0v) is 17.8. The molecule has 1 fully saturated rings. The van der Waals surface area contributed by atoms with Crippen LogP contribution in [0.2, 0.25) is 10.0 Å². The highest BCUT2D eigenvalue weighted by atomic mass is 35.5. The minimum atomic E-state index is 0.192. The minimum Gasteiger partial charge on any atom is -0.376 e. The molecule has 0 aliphatic carbocycles. The van der Waals surface area contributed by atoms with Crippen LogP contribution in [0.4, 0.5) is 0 Å². The largest absolute Gasteiger partial charge is 0.376 e. The van der Waals surface area contributed by atoms with Gasteiger partial charge in [0.15, 0.2) is 11.0 Å². The molecule has 0 amide bonds. The molecule has 4 rings (SSSR count). The molecule has 0 radical (unpaired) electrons. The molecular formula is C19H21Cl2N5OS. The molecule has 0 N–H and O–H groups in total. The maximum absolute atomic E-state index is 6.32. The summed E-state index contributed by atoms with van der Waals surface area (Å²) in [6, 6.07) is 7.54. The lowest BCUT2D eigenvalue weighted by molar-refractivity contribution is 0.0940. The van der Waals surface area contributed by atoms with E-state index in [1.54, 1.807) is 11.8 Å². The van der Waals surface area contributed by atoms with E-state index in [0.717, 1.165) is 48.2 Å². The predicted octanol–water partition coefficient (Wildman–Crippen LogP) is 4.61. The Hall–Kier alpha value is -1.54. The highest BCUT2D eigenvalue weighted by Gasteiger charge is 2.22. The third-order valence-electron chi connectivity index (χ3n) is 4.69. The number of nitrogens with zero attached hydrogens (tertiary/aromatic N) is 5. The monoisotopic (exact) mass is 437 g/mol. The topological polar surface area (TPSA) is 57.8 Å². The van der Waals surface area contributed by atoms with Crippen LogP contribution < -0.4 is 0 Å². The first-order valence-electron chi connectivity index (χ1n) is 9.19. The van der Waals surface area contributed by atoms with Crippen LogP contribution in [0, 0.1) is 6.92 Å². The van der Waals surface area contributed by atoms with Crippen LogP contribution in [0.25, 0.3) is 0 Å². The number of halogens is 2. The van der Waals surface area contributed by atoms with Crippen molar-refractivity contribution in [2.45, 2.75) is 49.9 Å². The molecule has 3 heterocycles. The Morgan fingerprint density at radius 3 is 2.71 bits per heavy atom. The Morgan fingerprint density at radius 2 is 2.04 bits per heavy atom. The molecular weight excluding hydrogens is 417 g/mol. The van der Waals surface area contributed by atoms with Crippen molar-refractivity contribution in [1.82, 2.24) is 24.5 Å². The van der Waals surface area contributed by atoms with Crippen molar-refractivity contribution < 1.29 is 4.74 Å². The van der Waals surface area contributed by atoms with Gasteiger partial charge in [-0.15, -0.1) is 10.2 Å². The molecule has 0 saturated carbocycles. The van der Waals surface area contributed by atoms with Gasteiger partial charge in [-0.25, -0.2) is 0 Å². The third kappa shape index (κ3) is 4.54. The summed E-state index contributed by atoms with van der Waals surface area (Å²) in [4.78, 5) is 0. The van der Waals surface area contributed by atoms with E-state index < -0.39 is 0 Å². The molecule has 2 aromatic heterocycles. The Bertz CT molecular complexity index is 931. The molecule has 1 saturated heterocycles. The van der Waals surface area contributed by atoms with E-state index in [0.29, 0.717) is 22.3 Å². The molecule has 3 aromatic rings. The normalized spacial score (nSPS) is 16.8. The minimum absolute atomic E-state index is 0.192. The number of ether oxygens (including phenoxy) is 1. The van der Waals surface area contributed by atoms with Crippen molar-refractivity contribution in [2.24, 2.45) is 0 Å². The summed E-state index contributed by atoms with van der Waals surface area (Å²) >= 11 is 14.2. The number of aryl methyl sites for hydroxylation is 1. The van der Waals surface area contributed by atoms with Gasteiger partial charge in [0.1, 0.15) is 6.54 Å². The predicted molar refractivity (Wildman–Crippen MR) is 111 cm³/mol. The fraction of sp³-hybridized carbons (Fsp3) is 0.421. The average Bonchev–Trinajstić information content (AvgIpc) is 3.40. The SMILES string of the molecule is Cc1ccn(Cc2nnc(SCc3c(Cl)cccc3Cl)n2C[C@@H]2CCCO2)n1. The highest BCUT2D eigenvalue weighted by Crippen LogP contribution is 2.31. The van der Waals surface area contributed by atoms with Crippen molar-refractivity contribution in [3.8, 4) is 0 Å². The number of benzene rings is 1. The molecule has 28 heavy (non-hydrogen) atoms. The Morgan fingerprint density at radius 1 is 1.21 bits per heavy atom. The summed E-state index contributed by atoms with van der Waals surface area (Å²) in [6.07, 6.45) is 4.30. The van der Waals surface area contributed by atoms with Crippen LogP contribution in [0.1, 0.15) is 29.9 Å². The molecule has 1 aromatic carbocycles. The van der Waals surface area contributed by atoms with Crippen LogP contribution >= 0.6 is 35.0 Å². The van der Waals surface area contributed by atoms with E-state index in [2.05, 4.69) is 19.9 Å². The maximum atomic E-state index is 6.32. The Labute approximate surface area is 178 Å². The van der Waals surface area contributed by atoms with E-state index in [-0.39, 0.29) is 6.10 Å². The van der Waals surface area contributed by atoms with Gasteiger partial charge in [-0.05, 0) is 43.5 Å². The second-order valence-corrected chi connectivity index (χ2v) is 8.54. The number of rotatable bonds is 7. The Balaban J connectivity index is 1.56. The smallest absolute Gasteiger partial charge is 0.191 e. The lowest BCUT2D eigenvalue weighted by Gasteiger charge is -2.15. The van der Waals surface area contributed by atoms with Crippen molar-refractivity contribution in [1.29, 1.82) is 0 Å². The lowest BCUT2D eigenvalue weighted by Crippen LogP contribution is -2.19. The van der Waals surface area contributed by atoms with Gasteiger partial charge in [0, 0.05) is 28.6 Å². The standard InChI is InChI=1S/C19H21Cl2N5OS/c1-13-7-8-25(24-13)11-18-22-23-19(26(18)10-14-4-3-9-27-14)28-12-15-16(20)5-2-6-17(15)21/h2,5-8,14H,3-4,9-12H2,1H3/t14-/m0/s1. The quantitative estimate of drug-likeness (QED) is 0.505. The van der Waals surface area contributed by atoms with Crippen LogP contribution in [-0.2, 0) is 23.6 Å². The first-order valence-corrected chi connectivity index (χ1v) is 10.9. The number of hydrogen-bond acceptors (Lipinski definition) is 5. The van der Waals surface area contributed by atoms with Crippen molar-refractivity contribution >= 4 is 35.0 Å². The van der Waals surface area contributed by atoms with E-state index in [4.69, 9.17) is 27.9 Å². The van der Waals surface area contributed by atoms with Crippen molar-refractivity contribution in [3.63, 3.8) is 0 Å². The molecule has 9 heteroatoms. The van der Waals surface area contributed by atoms with Crippen LogP contribution in [0.15, 0.2) is 35.6 Å². The molecule has 0 unspecified atom stereocenters.